The summed E-state index contributed by atoms with van der Waals surface area (Å²) in [6.07, 6.45) is 5.38. The van der Waals surface area contributed by atoms with Crippen LogP contribution in [0.4, 0.5) is 0 Å². The molecule has 2 N–H and O–H groups in total. The molecule has 1 aromatic heterocycles. The van der Waals surface area contributed by atoms with Gasteiger partial charge in [-0.05, 0) is 30.5 Å². The average Bonchev–Trinajstić information content (AvgIpc) is 3.16. The van der Waals surface area contributed by atoms with Gasteiger partial charge in [-0.3, -0.25) is 0 Å². The molecule has 1 aromatic carbocycles. The van der Waals surface area contributed by atoms with Crippen molar-refractivity contribution >= 4 is 11.8 Å². The van der Waals surface area contributed by atoms with Gasteiger partial charge in [-0.1, -0.05) is 30.1 Å². The zero-order valence-corrected chi connectivity index (χ0v) is 12.2. The molecule has 0 bridgehead atoms. The highest BCUT2D eigenvalue weighted by molar-refractivity contribution is 7.99. The summed E-state index contributed by atoms with van der Waals surface area (Å²) in [6, 6.07) is 7.94. The molecule has 5 heteroatoms. The molecular formula is C15H19N3OS. The van der Waals surface area contributed by atoms with Crippen molar-refractivity contribution in [3.8, 4) is 11.5 Å². The van der Waals surface area contributed by atoms with Crippen LogP contribution in [0.2, 0.25) is 0 Å². The van der Waals surface area contributed by atoms with E-state index in [1.54, 1.807) is 0 Å². The van der Waals surface area contributed by atoms with Gasteiger partial charge in [-0.25, -0.2) is 0 Å². The van der Waals surface area contributed by atoms with E-state index in [4.69, 9.17) is 10.3 Å². The maximum absolute atomic E-state index is 5.65. The maximum Gasteiger partial charge on any atom is 0.257 e. The predicted octanol–water partition coefficient (Wildman–Crippen LogP) is 3.37. The Hall–Kier alpha value is -1.33. The second-order valence-corrected chi connectivity index (χ2v) is 6.43. The Kier molecular flexibility index (Phi) is 4.38. The molecule has 0 aliphatic heterocycles. The molecule has 106 valence electrons. The molecule has 1 heterocycles. The lowest BCUT2D eigenvalue weighted by Gasteiger charge is -2.04. The fraction of sp³-hybridized carbons (Fsp3) is 0.467. The maximum atomic E-state index is 5.65. The zero-order valence-electron chi connectivity index (χ0n) is 11.4. The van der Waals surface area contributed by atoms with Gasteiger partial charge in [0.15, 0.2) is 5.82 Å². The van der Waals surface area contributed by atoms with Crippen molar-refractivity contribution in [1.82, 2.24) is 10.1 Å². The van der Waals surface area contributed by atoms with Gasteiger partial charge in [0.05, 0.1) is 5.75 Å². The number of thioether (sulfide) groups is 1. The first-order valence-electron chi connectivity index (χ1n) is 7.09. The van der Waals surface area contributed by atoms with Gasteiger partial charge < -0.3 is 10.3 Å². The zero-order chi connectivity index (χ0) is 13.8. The van der Waals surface area contributed by atoms with Gasteiger partial charge >= 0.3 is 0 Å². The predicted molar refractivity (Wildman–Crippen MR) is 81.2 cm³/mol. The second kappa shape index (κ2) is 6.41. The van der Waals surface area contributed by atoms with E-state index in [-0.39, 0.29) is 0 Å². The van der Waals surface area contributed by atoms with Crippen LogP contribution in [0.1, 0.15) is 37.1 Å². The quantitative estimate of drug-likeness (QED) is 0.914. The fourth-order valence-corrected chi connectivity index (χ4v) is 3.68. The first-order valence-corrected chi connectivity index (χ1v) is 8.13. The van der Waals surface area contributed by atoms with Crippen LogP contribution in [0.15, 0.2) is 28.8 Å². The van der Waals surface area contributed by atoms with Gasteiger partial charge in [0.2, 0.25) is 0 Å². The minimum atomic E-state index is 0.520. The van der Waals surface area contributed by atoms with Crippen LogP contribution in [0.25, 0.3) is 11.5 Å². The molecule has 0 spiro atoms. The average molecular weight is 289 g/mol. The first-order chi connectivity index (χ1) is 9.85. The molecule has 1 fully saturated rings. The van der Waals surface area contributed by atoms with E-state index < -0.39 is 0 Å². The van der Waals surface area contributed by atoms with Gasteiger partial charge in [0, 0.05) is 17.4 Å². The third-order valence-electron chi connectivity index (χ3n) is 3.63. The van der Waals surface area contributed by atoms with Crippen molar-refractivity contribution in [1.29, 1.82) is 0 Å². The van der Waals surface area contributed by atoms with Crippen LogP contribution in [-0.4, -0.2) is 15.4 Å². The summed E-state index contributed by atoms with van der Waals surface area (Å²) < 4.78 is 5.35. The van der Waals surface area contributed by atoms with Crippen LogP contribution in [0, 0.1) is 0 Å². The monoisotopic (exact) mass is 289 g/mol. The standard InChI is InChI=1S/C15H19N3OS/c16-9-11-4-3-5-12(8-11)15-17-14(18-19-15)10-20-13-6-1-2-7-13/h3-5,8,13H,1-2,6-7,9-10,16H2. The summed E-state index contributed by atoms with van der Waals surface area (Å²) in [4.78, 5) is 4.48. The summed E-state index contributed by atoms with van der Waals surface area (Å²) in [5.74, 6) is 2.21. The molecule has 4 nitrogen and oxygen atoms in total. The highest BCUT2D eigenvalue weighted by atomic mass is 32.2. The van der Waals surface area contributed by atoms with Crippen LogP contribution in [0.3, 0.4) is 0 Å². The number of benzene rings is 1. The Labute approximate surface area is 123 Å². The summed E-state index contributed by atoms with van der Waals surface area (Å²) in [7, 11) is 0. The lowest BCUT2D eigenvalue weighted by Crippen LogP contribution is -1.96. The summed E-state index contributed by atoms with van der Waals surface area (Å²) >= 11 is 1.95. The van der Waals surface area contributed by atoms with Crippen LogP contribution < -0.4 is 5.73 Å². The summed E-state index contributed by atoms with van der Waals surface area (Å²) in [6.45, 7) is 0.520. The molecule has 1 saturated carbocycles. The molecule has 0 radical (unpaired) electrons. The molecule has 0 amide bonds. The number of nitrogens with two attached hydrogens (primary N) is 1. The Morgan fingerprint density at radius 2 is 2.15 bits per heavy atom. The largest absolute Gasteiger partial charge is 0.334 e. The first kappa shape index (κ1) is 13.6. The van der Waals surface area contributed by atoms with Gasteiger partial charge in [-0.15, -0.1) is 0 Å². The number of aromatic nitrogens is 2. The SMILES string of the molecule is NCc1cccc(-c2nc(CSC3CCCC3)no2)c1. The van der Waals surface area contributed by atoms with Crippen molar-refractivity contribution in [2.45, 2.75) is 43.2 Å². The molecule has 2 aromatic rings. The van der Waals surface area contributed by atoms with Gasteiger partial charge in [-0.2, -0.15) is 16.7 Å². The number of hydrogen-bond acceptors (Lipinski definition) is 5. The van der Waals surface area contributed by atoms with E-state index in [2.05, 4.69) is 10.1 Å². The van der Waals surface area contributed by atoms with Crippen LogP contribution in [-0.2, 0) is 12.3 Å². The molecular weight excluding hydrogens is 270 g/mol. The topological polar surface area (TPSA) is 64.9 Å². The molecule has 3 rings (SSSR count). The van der Waals surface area contributed by atoms with Crippen molar-refractivity contribution in [2.75, 3.05) is 0 Å². The Morgan fingerprint density at radius 3 is 2.95 bits per heavy atom. The van der Waals surface area contributed by atoms with E-state index in [0.29, 0.717) is 12.4 Å². The van der Waals surface area contributed by atoms with Crippen molar-refractivity contribution in [2.24, 2.45) is 5.73 Å². The molecule has 1 aliphatic rings. The molecule has 0 unspecified atom stereocenters. The van der Waals surface area contributed by atoms with E-state index in [1.165, 1.54) is 25.7 Å². The minimum absolute atomic E-state index is 0.520. The Balaban J connectivity index is 1.66. The highest BCUT2D eigenvalue weighted by Gasteiger charge is 2.17. The van der Waals surface area contributed by atoms with E-state index >= 15 is 0 Å². The van der Waals surface area contributed by atoms with Crippen molar-refractivity contribution < 1.29 is 4.52 Å². The van der Waals surface area contributed by atoms with Crippen molar-refractivity contribution in [3.05, 3.63) is 35.7 Å². The van der Waals surface area contributed by atoms with E-state index in [9.17, 15) is 0 Å². The molecule has 0 atom stereocenters. The molecule has 1 aliphatic carbocycles. The minimum Gasteiger partial charge on any atom is -0.334 e. The lowest BCUT2D eigenvalue weighted by atomic mass is 10.1. The van der Waals surface area contributed by atoms with E-state index in [0.717, 1.165) is 28.0 Å². The Bertz CT molecular complexity index is 564. The lowest BCUT2D eigenvalue weighted by molar-refractivity contribution is 0.425. The van der Waals surface area contributed by atoms with Crippen LogP contribution in [0.5, 0.6) is 0 Å². The molecule has 20 heavy (non-hydrogen) atoms. The van der Waals surface area contributed by atoms with E-state index in [1.807, 2.05) is 36.0 Å². The highest BCUT2D eigenvalue weighted by Crippen LogP contribution is 2.31. The second-order valence-electron chi connectivity index (χ2n) is 5.14. The summed E-state index contributed by atoms with van der Waals surface area (Å²) in [5.41, 5.74) is 7.66. The van der Waals surface area contributed by atoms with Crippen molar-refractivity contribution in [3.63, 3.8) is 0 Å². The fourth-order valence-electron chi connectivity index (χ4n) is 2.51. The number of hydrogen-bond donors (Lipinski definition) is 1. The Morgan fingerprint density at radius 1 is 1.30 bits per heavy atom. The normalized spacial score (nSPS) is 15.8. The smallest absolute Gasteiger partial charge is 0.257 e. The van der Waals surface area contributed by atoms with Crippen LogP contribution >= 0.6 is 11.8 Å². The third kappa shape index (κ3) is 3.22. The molecule has 0 saturated heterocycles. The van der Waals surface area contributed by atoms with Gasteiger partial charge in [0.1, 0.15) is 0 Å². The van der Waals surface area contributed by atoms with Gasteiger partial charge in [0.25, 0.3) is 5.89 Å². The summed E-state index contributed by atoms with van der Waals surface area (Å²) in [5, 5.41) is 4.85. The number of rotatable bonds is 5. The third-order valence-corrected chi connectivity index (χ3v) is 5.00. The number of nitrogens with zero attached hydrogens (tertiary/aromatic N) is 2.